The van der Waals surface area contributed by atoms with Crippen molar-refractivity contribution in [3.05, 3.63) is 23.8 Å². The van der Waals surface area contributed by atoms with E-state index in [9.17, 15) is 4.79 Å². The fraction of sp³-hybridized carbons (Fsp3) is 0.562. The Morgan fingerprint density at radius 3 is 2.75 bits per heavy atom. The predicted molar refractivity (Wildman–Crippen MR) is 81.0 cm³/mol. The number of carbonyl (C=O) groups excluding carboxylic acids is 1. The van der Waals surface area contributed by atoms with Gasteiger partial charge in [-0.25, -0.2) is 0 Å². The minimum absolute atomic E-state index is 0.0649. The molecule has 0 spiro atoms. The summed E-state index contributed by atoms with van der Waals surface area (Å²) in [5, 5.41) is 0. The summed E-state index contributed by atoms with van der Waals surface area (Å²) in [6, 6.07) is 5.92. The van der Waals surface area contributed by atoms with E-state index in [1.807, 2.05) is 11.8 Å². The van der Waals surface area contributed by atoms with Crippen molar-refractivity contribution in [2.75, 3.05) is 12.3 Å². The Kier molecular flexibility index (Phi) is 4.53. The lowest BCUT2D eigenvalue weighted by molar-refractivity contribution is 0.0676. The summed E-state index contributed by atoms with van der Waals surface area (Å²) in [6.07, 6.45) is 3.16. The van der Waals surface area contributed by atoms with E-state index in [1.165, 1.54) is 0 Å². The first-order valence-electron chi connectivity index (χ1n) is 7.42. The molecule has 110 valence electrons. The number of amides is 1. The molecule has 2 atom stereocenters. The Morgan fingerprint density at radius 2 is 2.10 bits per heavy atom. The van der Waals surface area contributed by atoms with Gasteiger partial charge < -0.3 is 15.4 Å². The van der Waals surface area contributed by atoms with Gasteiger partial charge in [0.2, 0.25) is 0 Å². The lowest BCUT2D eigenvalue weighted by atomic mass is 10.1. The second kappa shape index (κ2) is 6.16. The highest BCUT2D eigenvalue weighted by atomic mass is 16.5. The van der Waals surface area contributed by atoms with E-state index in [0.29, 0.717) is 35.7 Å². The molecular formula is C16H24N2O2. The van der Waals surface area contributed by atoms with E-state index in [4.69, 9.17) is 10.5 Å². The van der Waals surface area contributed by atoms with Gasteiger partial charge in [-0.2, -0.15) is 0 Å². The number of nitrogen functional groups attached to an aromatic ring is 1. The number of nitrogens with zero attached hydrogens (tertiary/aromatic N) is 1. The van der Waals surface area contributed by atoms with Crippen LogP contribution in [0.2, 0.25) is 0 Å². The molecule has 1 fully saturated rings. The molecule has 0 saturated carbocycles. The van der Waals surface area contributed by atoms with Crippen LogP contribution in [0.5, 0.6) is 5.75 Å². The van der Waals surface area contributed by atoms with Gasteiger partial charge in [-0.15, -0.1) is 0 Å². The van der Waals surface area contributed by atoms with Crippen LogP contribution in [-0.2, 0) is 0 Å². The molecule has 0 aliphatic carbocycles. The number of nitrogens with two attached hydrogens (primary N) is 1. The fourth-order valence-electron chi connectivity index (χ4n) is 2.98. The van der Waals surface area contributed by atoms with E-state index >= 15 is 0 Å². The summed E-state index contributed by atoms with van der Waals surface area (Å²) in [5.74, 6) is 0.728. The number of likely N-dealkylation sites (tertiary alicyclic amines) is 1. The maximum Gasteiger partial charge on any atom is 0.254 e. The Labute approximate surface area is 120 Å². The Balaban J connectivity index is 2.28. The topological polar surface area (TPSA) is 55.6 Å². The van der Waals surface area contributed by atoms with Crippen molar-refractivity contribution < 1.29 is 9.53 Å². The number of benzene rings is 1. The minimum Gasteiger partial charge on any atom is -0.494 e. The zero-order valence-corrected chi connectivity index (χ0v) is 12.6. The van der Waals surface area contributed by atoms with Crippen LogP contribution in [-0.4, -0.2) is 29.5 Å². The van der Waals surface area contributed by atoms with Crippen LogP contribution in [0, 0.1) is 0 Å². The highest BCUT2D eigenvalue weighted by Gasteiger charge is 2.33. The summed E-state index contributed by atoms with van der Waals surface area (Å²) in [4.78, 5) is 14.8. The van der Waals surface area contributed by atoms with Crippen LogP contribution in [0.3, 0.4) is 0 Å². The first-order valence-corrected chi connectivity index (χ1v) is 7.42. The molecular weight excluding hydrogens is 252 g/mol. The molecule has 1 saturated heterocycles. The molecule has 1 amide bonds. The molecule has 2 N–H and O–H groups in total. The second-order valence-corrected chi connectivity index (χ2v) is 5.42. The van der Waals surface area contributed by atoms with Crippen LogP contribution in [0.4, 0.5) is 5.69 Å². The zero-order chi connectivity index (χ0) is 14.7. The fourth-order valence-corrected chi connectivity index (χ4v) is 2.98. The van der Waals surface area contributed by atoms with Crippen molar-refractivity contribution in [2.45, 2.75) is 52.1 Å². The van der Waals surface area contributed by atoms with Gasteiger partial charge >= 0.3 is 0 Å². The number of hydrogen-bond acceptors (Lipinski definition) is 3. The van der Waals surface area contributed by atoms with Gasteiger partial charge in [0, 0.05) is 29.4 Å². The van der Waals surface area contributed by atoms with Crippen LogP contribution in [0.25, 0.3) is 0 Å². The van der Waals surface area contributed by atoms with E-state index in [1.54, 1.807) is 18.2 Å². The predicted octanol–water partition coefficient (Wildman–Crippen LogP) is 3.07. The van der Waals surface area contributed by atoms with Gasteiger partial charge in [0.05, 0.1) is 6.61 Å². The number of hydrogen-bond donors (Lipinski definition) is 1. The molecule has 20 heavy (non-hydrogen) atoms. The molecule has 4 heteroatoms. The Morgan fingerprint density at radius 1 is 1.35 bits per heavy atom. The third-order valence-corrected chi connectivity index (χ3v) is 3.98. The lowest BCUT2D eigenvalue weighted by Gasteiger charge is -2.28. The third-order valence-electron chi connectivity index (χ3n) is 3.98. The standard InChI is InChI=1S/C16H24N2O2/c1-4-14-7-6-11(3)18(14)16(19)12-8-13(17)10-15(9-12)20-5-2/h8-11,14H,4-7,17H2,1-3H3. The van der Waals surface area contributed by atoms with Crippen LogP contribution in [0.15, 0.2) is 18.2 Å². The third kappa shape index (κ3) is 2.89. The maximum atomic E-state index is 12.8. The molecule has 1 aliphatic rings. The molecule has 2 unspecified atom stereocenters. The lowest BCUT2D eigenvalue weighted by Crippen LogP contribution is -2.39. The van der Waals surface area contributed by atoms with E-state index in [-0.39, 0.29) is 5.91 Å². The van der Waals surface area contributed by atoms with E-state index in [0.717, 1.165) is 19.3 Å². The van der Waals surface area contributed by atoms with Gasteiger partial charge in [-0.05, 0) is 45.2 Å². The summed E-state index contributed by atoms with van der Waals surface area (Å²) >= 11 is 0. The number of ether oxygens (including phenoxy) is 1. The molecule has 0 bridgehead atoms. The van der Waals surface area contributed by atoms with E-state index in [2.05, 4.69) is 13.8 Å². The number of anilines is 1. The highest BCUT2D eigenvalue weighted by molar-refractivity contribution is 5.96. The molecule has 2 rings (SSSR count). The van der Waals surface area contributed by atoms with Crippen molar-refractivity contribution >= 4 is 11.6 Å². The largest absolute Gasteiger partial charge is 0.494 e. The van der Waals surface area contributed by atoms with Crippen molar-refractivity contribution in [1.29, 1.82) is 0 Å². The van der Waals surface area contributed by atoms with Crippen LogP contribution in [0.1, 0.15) is 50.4 Å². The summed E-state index contributed by atoms with van der Waals surface area (Å²) in [5.41, 5.74) is 7.07. The van der Waals surface area contributed by atoms with Crippen molar-refractivity contribution in [3.8, 4) is 5.75 Å². The van der Waals surface area contributed by atoms with Gasteiger partial charge in [0.25, 0.3) is 5.91 Å². The molecule has 4 nitrogen and oxygen atoms in total. The Hall–Kier alpha value is -1.71. The monoisotopic (exact) mass is 276 g/mol. The summed E-state index contributed by atoms with van der Waals surface area (Å²) < 4.78 is 5.47. The quantitative estimate of drug-likeness (QED) is 0.860. The van der Waals surface area contributed by atoms with Crippen molar-refractivity contribution in [1.82, 2.24) is 4.90 Å². The van der Waals surface area contributed by atoms with Gasteiger partial charge in [-0.3, -0.25) is 4.79 Å². The minimum atomic E-state index is 0.0649. The number of carbonyl (C=O) groups is 1. The van der Waals surface area contributed by atoms with Gasteiger partial charge in [0.1, 0.15) is 5.75 Å². The summed E-state index contributed by atoms with van der Waals surface area (Å²) in [6.45, 7) is 6.73. The molecule has 1 aromatic rings. The number of rotatable bonds is 4. The average molecular weight is 276 g/mol. The Bertz CT molecular complexity index is 487. The highest BCUT2D eigenvalue weighted by Crippen LogP contribution is 2.29. The van der Waals surface area contributed by atoms with Crippen molar-refractivity contribution in [2.24, 2.45) is 0 Å². The molecule has 1 aromatic carbocycles. The van der Waals surface area contributed by atoms with E-state index < -0.39 is 0 Å². The first-order chi connectivity index (χ1) is 9.56. The SMILES string of the molecule is CCOc1cc(N)cc(C(=O)N2C(C)CCC2CC)c1. The van der Waals surface area contributed by atoms with Crippen molar-refractivity contribution in [3.63, 3.8) is 0 Å². The zero-order valence-electron chi connectivity index (χ0n) is 12.6. The first kappa shape index (κ1) is 14.7. The molecule has 1 heterocycles. The average Bonchev–Trinajstić information content (AvgIpc) is 2.78. The molecule has 1 aliphatic heterocycles. The summed E-state index contributed by atoms with van der Waals surface area (Å²) in [7, 11) is 0. The molecule has 0 aromatic heterocycles. The van der Waals surface area contributed by atoms with Gasteiger partial charge in [0.15, 0.2) is 0 Å². The van der Waals surface area contributed by atoms with Crippen LogP contribution < -0.4 is 10.5 Å². The molecule has 0 radical (unpaired) electrons. The van der Waals surface area contributed by atoms with Crippen LogP contribution >= 0.6 is 0 Å². The maximum absolute atomic E-state index is 12.8. The second-order valence-electron chi connectivity index (χ2n) is 5.42. The normalized spacial score (nSPS) is 22.1. The van der Waals surface area contributed by atoms with Gasteiger partial charge in [-0.1, -0.05) is 6.92 Å². The smallest absolute Gasteiger partial charge is 0.254 e.